The minimum atomic E-state index is -1.82. The van der Waals surface area contributed by atoms with Gasteiger partial charge < -0.3 is 15.5 Å². The summed E-state index contributed by atoms with van der Waals surface area (Å²) in [5.41, 5.74) is 1.30. The fraction of sp³-hybridized carbons (Fsp3) is 0.545. The van der Waals surface area contributed by atoms with E-state index in [-0.39, 0.29) is 0 Å². The summed E-state index contributed by atoms with van der Waals surface area (Å²) in [7, 11) is 0. The van der Waals surface area contributed by atoms with Crippen molar-refractivity contribution in [3.8, 4) is 0 Å². The van der Waals surface area contributed by atoms with Crippen molar-refractivity contribution in [1.82, 2.24) is 4.98 Å². The van der Waals surface area contributed by atoms with Crippen LogP contribution in [-0.2, 0) is 22.4 Å². The molecule has 1 aromatic heterocycles. The van der Waals surface area contributed by atoms with Crippen LogP contribution in [0.1, 0.15) is 30.5 Å². The van der Waals surface area contributed by atoms with Crippen molar-refractivity contribution in [2.24, 2.45) is 0 Å². The van der Waals surface area contributed by atoms with Crippen molar-refractivity contribution < 1.29 is 19.8 Å². The molecule has 0 aromatic carbocycles. The average Bonchev–Trinajstić information content (AvgIpc) is 2.60. The van der Waals surface area contributed by atoms with E-state index >= 15 is 0 Å². The van der Waals surface area contributed by atoms with Gasteiger partial charge in [0.15, 0.2) is 0 Å². The number of aryl methyl sites for hydroxylation is 2. The van der Waals surface area contributed by atoms with E-state index in [4.69, 9.17) is 19.8 Å². The molecule has 7 heteroatoms. The Hall–Kier alpha value is -1.63. The Balaban J connectivity index is 0.000000232. The number of aliphatic carboxylic acids is 2. The fourth-order valence-electron chi connectivity index (χ4n) is 1.48. The number of carboxylic acids is 2. The number of nitrogens with zero attached hydrogens (tertiary/aromatic N) is 1. The minimum absolute atomic E-state index is 1.07. The van der Waals surface area contributed by atoms with E-state index < -0.39 is 11.9 Å². The number of hydrogen-bond donors (Lipinski definition) is 3. The Kier molecular flexibility index (Phi) is 5.57. The van der Waals surface area contributed by atoms with E-state index in [1.165, 1.54) is 35.0 Å². The van der Waals surface area contributed by atoms with Crippen molar-refractivity contribution in [2.75, 3.05) is 11.9 Å². The molecule has 2 rings (SSSR count). The van der Waals surface area contributed by atoms with Crippen LogP contribution in [-0.4, -0.2) is 33.7 Å². The summed E-state index contributed by atoms with van der Waals surface area (Å²) in [6.45, 7) is 3.29. The second-order valence-electron chi connectivity index (χ2n) is 3.73. The van der Waals surface area contributed by atoms with E-state index in [1.807, 2.05) is 11.3 Å². The predicted octanol–water partition coefficient (Wildman–Crippen LogP) is 1.61. The zero-order valence-electron chi connectivity index (χ0n) is 10.1. The SMILES string of the molecule is CCc1nc2c(s1)NCCCC2.O=C(O)C(=O)O. The molecule has 0 fully saturated rings. The van der Waals surface area contributed by atoms with E-state index in [1.54, 1.807) is 0 Å². The summed E-state index contributed by atoms with van der Waals surface area (Å²) in [5.74, 6) is -3.65. The van der Waals surface area contributed by atoms with Crippen LogP contribution in [0.2, 0.25) is 0 Å². The second kappa shape index (κ2) is 6.95. The Labute approximate surface area is 109 Å². The highest BCUT2D eigenvalue weighted by molar-refractivity contribution is 7.15. The number of hydrogen-bond acceptors (Lipinski definition) is 5. The third-order valence-electron chi connectivity index (χ3n) is 2.35. The molecule has 0 radical (unpaired) electrons. The van der Waals surface area contributed by atoms with Crippen LogP contribution in [0.25, 0.3) is 0 Å². The standard InChI is InChI=1S/C9H14N2S.C2H2O4/c1-2-8-11-7-5-3-4-6-10-9(7)12-8;3-1(4)2(5)6/h10H,2-6H2,1H3;(H,3,4)(H,5,6). The Morgan fingerprint density at radius 3 is 2.56 bits per heavy atom. The number of carboxylic acid groups (broad SMARTS) is 2. The Bertz CT molecular complexity index is 395. The second-order valence-corrected chi connectivity index (χ2v) is 4.81. The predicted molar refractivity (Wildman–Crippen MR) is 68.2 cm³/mol. The number of nitrogens with one attached hydrogen (secondary N) is 1. The maximum absolute atomic E-state index is 9.10. The molecule has 3 N–H and O–H groups in total. The van der Waals surface area contributed by atoms with Gasteiger partial charge in [0.05, 0.1) is 10.7 Å². The smallest absolute Gasteiger partial charge is 0.414 e. The molecule has 1 aliphatic rings. The first-order chi connectivity index (χ1) is 8.54. The van der Waals surface area contributed by atoms with Crippen LogP contribution in [0.15, 0.2) is 0 Å². The van der Waals surface area contributed by atoms with Gasteiger partial charge >= 0.3 is 11.9 Å². The molecule has 100 valence electrons. The number of rotatable bonds is 1. The van der Waals surface area contributed by atoms with E-state index in [0.717, 1.165) is 13.0 Å². The highest BCUT2D eigenvalue weighted by Crippen LogP contribution is 2.28. The topological polar surface area (TPSA) is 99.5 Å². The van der Waals surface area contributed by atoms with Crippen molar-refractivity contribution in [2.45, 2.75) is 32.6 Å². The van der Waals surface area contributed by atoms with E-state index in [0.29, 0.717) is 0 Å². The largest absolute Gasteiger partial charge is 0.473 e. The zero-order chi connectivity index (χ0) is 13.5. The van der Waals surface area contributed by atoms with Gasteiger partial charge in [-0.3, -0.25) is 0 Å². The maximum Gasteiger partial charge on any atom is 0.414 e. The molecule has 0 saturated heterocycles. The van der Waals surface area contributed by atoms with Gasteiger partial charge in [0, 0.05) is 6.54 Å². The fourth-order valence-corrected chi connectivity index (χ4v) is 2.45. The number of thiazole rings is 1. The Morgan fingerprint density at radius 1 is 1.33 bits per heavy atom. The highest BCUT2D eigenvalue weighted by Gasteiger charge is 2.11. The van der Waals surface area contributed by atoms with Crippen LogP contribution in [0.3, 0.4) is 0 Å². The third kappa shape index (κ3) is 4.33. The van der Waals surface area contributed by atoms with Crippen molar-refractivity contribution in [1.29, 1.82) is 0 Å². The normalized spacial score (nSPS) is 13.4. The summed E-state index contributed by atoms with van der Waals surface area (Å²) >= 11 is 1.83. The average molecular weight is 272 g/mol. The Morgan fingerprint density at radius 2 is 2.00 bits per heavy atom. The molecule has 0 atom stereocenters. The quantitative estimate of drug-likeness (QED) is 0.672. The molecule has 0 spiro atoms. The molecule has 0 saturated carbocycles. The molecular weight excluding hydrogens is 256 g/mol. The van der Waals surface area contributed by atoms with Crippen LogP contribution in [0.4, 0.5) is 5.00 Å². The molecule has 18 heavy (non-hydrogen) atoms. The lowest BCUT2D eigenvalue weighted by Crippen LogP contribution is -2.09. The molecule has 1 aromatic rings. The lowest BCUT2D eigenvalue weighted by Gasteiger charge is -1.96. The summed E-state index contributed by atoms with van der Waals surface area (Å²) in [6, 6.07) is 0. The molecule has 1 aliphatic heterocycles. The van der Waals surface area contributed by atoms with Gasteiger partial charge in [-0.25, -0.2) is 14.6 Å². The molecule has 2 heterocycles. The molecule has 0 aliphatic carbocycles. The van der Waals surface area contributed by atoms with Crippen LogP contribution >= 0.6 is 11.3 Å². The number of anilines is 1. The van der Waals surface area contributed by atoms with Gasteiger partial charge in [-0.15, -0.1) is 11.3 Å². The van der Waals surface area contributed by atoms with E-state index in [9.17, 15) is 0 Å². The molecule has 0 unspecified atom stereocenters. The van der Waals surface area contributed by atoms with Crippen LogP contribution in [0.5, 0.6) is 0 Å². The maximum atomic E-state index is 9.10. The van der Waals surface area contributed by atoms with Gasteiger partial charge in [-0.1, -0.05) is 6.92 Å². The summed E-state index contributed by atoms with van der Waals surface area (Å²) in [5, 5.41) is 20.8. The molecule has 0 amide bonds. The summed E-state index contributed by atoms with van der Waals surface area (Å²) < 4.78 is 0. The molecule has 6 nitrogen and oxygen atoms in total. The van der Waals surface area contributed by atoms with Crippen molar-refractivity contribution >= 4 is 28.3 Å². The summed E-state index contributed by atoms with van der Waals surface area (Å²) in [6.07, 6.45) is 4.80. The lowest BCUT2D eigenvalue weighted by molar-refractivity contribution is -0.159. The number of fused-ring (bicyclic) bond motifs is 1. The number of aromatic nitrogens is 1. The summed E-state index contributed by atoms with van der Waals surface area (Å²) in [4.78, 5) is 22.8. The first-order valence-electron chi connectivity index (χ1n) is 5.73. The van der Waals surface area contributed by atoms with Gasteiger partial charge in [0.25, 0.3) is 0 Å². The van der Waals surface area contributed by atoms with Crippen molar-refractivity contribution in [3.05, 3.63) is 10.7 Å². The first kappa shape index (κ1) is 14.4. The zero-order valence-corrected chi connectivity index (χ0v) is 10.9. The number of carbonyl (C=O) groups is 2. The van der Waals surface area contributed by atoms with Gasteiger partial charge in [0.2, 0.25) is 0 Å². The third-order valence-corrected chi connectivity index (χ3v) is 3.55. The van der Waals surface area contributed by atoms with Gasteiger partial charge in [-0.2, -0.15) is 0 Å². The molecule has 0 bridgehead atoms. The van der Waals surface area contributed by atoms with Crippen LogP contribution < -0.4 is 5.32 Å². The lowest BCUT2D eigenvalue weighted by atomic mass is 10.2. The van der Waals surface area contributed by atoms with Crippen molar-refractivity contribution in [3.63, 3.8) is 0 Å². The minimum Gasteiger partial charge on any atom is -0.473 e. The molecular formula is C11H16N2O4S. The first-order valence-corrected chi connectivity index (χ1v) is 6.55. The van der Waals surface area contributed by atoms with Gasteiger partial charge in [0.1, 0.15) is 5.00 Å². The highest BCUT2D eigenvalue weighted by atomic mass is 32.1. The van der Waals surface area contributed by atoms with Crippen LogP contribution in [0, 0.1) is 0 Å². The van der Waals surface area contributed by atoms with E-state index in [2.05, 4.69) is 17.2 Å². The van der Waals surface area contributed by atoms with Gasteiger partial charge in [-0.05, 0) is 25.7 Å². The monoisotopic (exact) mass is 272 g/mol.